The summed E-state index contributed by atoms with van der Waals surface area (Å²) in [4.78, 5) is 14.5. The Morgan fingerprint density at radius 1 is 0.913 bits per heavy atom. The monoisotopic (exact) mass is 650 g/mol. The van der Waals surface area contributed by atoms with Gasteiger partial charge in [-0.3, -0.25) is 4.79 Å². The average Bonchev–Trinajstić information content (AvgIpc) is 2.98. The summed E-state index contributed by atoms with van der Waals surface area (Å²) in [7, 11) is 0. The van der Waals surface area contributed by atoms with Crippen LogP contribution in [0.2, 0.25) is 0 Å². The van der Waals surface area contributed by atoms with Crippen LogP contribution in [0.25, 0.3) is 0 Å². The molecule has 0 aromatic carbocycles. The summed E-state index contributed by atoms with van der Waals surface area (Å²) >= 11 is 0. The Bertz CT molecular complexity index is 1250. The first kappa shape index (κ1) is 34.7. The minimum Gasteiger partial charge on any atom is -0.432 e. The van der Waals surface area contributed by atoms with Crippen molar-refractivity contribution in [1.82, 2.24) is 0 Å². The van der Waals surface area contributed by atoms with Crippen LogP contribution in [0.1, 0.15) is 99.8 Å². The third-order valence-electron chi connectivity index (χ3n) is 15.5. The Labute approximate surface area is 273 Å². The normalized spacial score (nSPS) is 56.4. The van der Waals surface area contributed by atoms with Gasteiger partial charge in [0.05, 0.1) is 29.8 Å². The van der Waals surface area contributed by atoms with Crippen molar-refractivity contribution in [3.05, 3.63) is 11.6 Å². The zero-order valence-electron chi connectivity index (χ0n) is 28.6. The number of rotatable bonds is 3. The van der Waals surface area contributed by atoms with Gasteiger partial charge >= 0.3 is 5.97 Å². The number of fused-ring (bicyclic) bond motifs is 7. The van der Waals surface area contributed by atoms with E-state index in [1.54, 1.807) is 0 Å². The van der Waals surface area contributed by atoms with E-state index in [0.29, 0.717) is 32.1 Å². The summed E-state index contributed by atoms with van der Waals surface area (Å²) in [6.45, 7) is 14.4. The predicted octanol–water partition coefficient (Wildman–Crippen LogP) is 2.43. The molecule has 1 aliphatic heterocycles. The number of esters is 1. The summed E-state index contributed by atoms with van der Waals surface area (Å²) in [5, 5.41) is 75.6. The third-order valence-corrected chi connectivity index (χ3v) is 15.5. The van der Waals surface area contributed by atoms with E-state index < -0.39 is 77.8 Å². The quantitative estimate of drug-likeness (QED) is 0.177. The summed E-state index contributed by atoms with van der Waals surface area (Å²) < 4.78 is 11.5. The van der Waals surface area contributed by atoms with E-state index in [9.17, 15) is 40.5 Å². The maximum absolute atomic E-state index is 14.5. The van der Waals surface area contributed by atoms with Crippen LogP contribution in [0.3, 0.4) is 0 Å². The van der Waals surface area contributed by atoms with Crippen molar-refractivity contribution < 1.29 is 50.0 Å². The summed E-state index contributed by atoms with van der Waals surface area (Å²) in [6.07, 6.45) is -1.65. The Kier molecular flexibility index (Phi) is 8.27. The molecular formula is C36H58O10. The van der Waals surface area contributed by atoms with Crippen molar-refractivity contribution in [2.45, 2.75) is 148 Å². The van der Waals surface area contributed by atoms with E-state index in [1.165, 1.54) is 0 Å². The highest BCUT2D eigenvalue weighted by atomic mass is 16.7. The summed E-state index contributed by atoms with van der Waals surface area (Å²) in [5.74, 6) is -0.787. The molecule has 10 nitrogen and oxygen atoms in total. The lowest BCUT2D eigenvalue weighted by molar-refractivity contribution is -0.299. The number of allylic oxidation sites excluding steroid dienone is 1. The van der Waals surface area contributed by atoms with Crippen LogP contribution in [0.4, 0.5) is 0 Å². The fourth-order valence-corrected chi connectivity index (χ4v) is 12.4. The summed E-state index contributed by atoms with van der Waals surface area (Å²) in [5.41, 5.74) is -2.44. The second-order valence-electron chi connectivity index (χ2n) is 17.7. The smallest absolute Gasteiger partial charge is 0.315 e. The number of carbonyl (C=O) groups is 1. The number of ether oxygens (including phenoxy) is 2. The van der Waals surface area contributed by atoms with Crippen LogP contribution >= 0.6 is 0 Å². The van der Waals surface area contributed by atoms with Crippen LogP contribution in [0.5, 0.6) is 0 Å². The molecule has 0 amide bonds. The third kappa shape index (κ3) is 4.39. The molecule has 10 heteroatoms. The van der Waals surface area contributed by atoms with Crippen LogP contribution < -0.4 is 0 Å². The standard InChI is InChI=1S/C36H58O10/c1-18-10-13-36(30(43)46-29-26(41)25(40)24(39)21(17-37)45-29)15-14-33(5)19(27(36)35(18,7)44)8-9-23-32(4)16-20(38)28(42)31(2,3)22(32)11-12-34(23,33)6/h8,18,20-29,37-42,44H,9-17H2,1-7H3/t18-,20-,21?,22?,23?,24?,25?,26?,27?,28+,29?,32+,33-,34-,35-,36+/m1/s1. The van der Waals surface area contributed by atoms with Crippen molar-refractivity contribution in [2.24, 2.45) is 50.7 Å². The molecule has 262 valence electrons. The number of aliphatic hydroxyl groups excluding tert-OH is 6. The summed E-state index contributed by atoms with van der Waals surface area (Å²) in [6, 6.07) is 0. The molecule has 6 rings (SSSR count). The van der Waals surface area contributed by atoms with Gasteiger partial charge in [0.2, 0.25) is 6.29 Å². The van der Waals surface area contributed by atoms with Gasteiger partial charge in [0.15, 0.2) is 0 Å². The molecular weight excluding hydrogens is 592 g/mol. The van der Waals surface area contributed by atoms with Gasteiger partial charge in [0.25, 0.3) is 0 Å². The van der Waals surface area contributed by atoms with Gasteiger partial charge in [-0.05, 0) is 97.7 Å². The molecule has 0 bridgehead atoms. The van der Waals surface area contributed by atoms with Crippen LogP contribution in [0, 0.1) is 50.7 Å². The molecule has 4 saturated carbocycles. The minimum absolute atomic E-state index is 0.0940. The van der Waals surface area contributed by atoms with Gasteiger partial charge in [0, 0.05) is 5.92 Å². The molecule has 16 atom stereocenters. The van der Waals surface area contributed by atoms with E-state index >= 15 is 0 Å². The van der Waals surface area contributed by atoms with Crippen molar-refractivity contribution in [2.75, 3.05) is 6.61 Å². The lowest BCUT2D eigenvalue weighted by Gasteiger charge is -2.72. The number of aliphatic hydroxyl groups is 7. The van der Waals surface area contributed by atoms with Gasteiger partial charge < -0.3 is 45.2 Å². The highest BCUT2D eigenvalue weighted by molar-refractivity contribution is 5.79. The van der Waals surface area contributed by atoms with E-state index in [0.717, 1.165) is 24.8 Å². The topological polar surface area (TPSA) is 177 Å². The van der Waals surface area contributed by atoms with Crippen molar-refractivity contribution >= 4 is 5.97 Å². The molecule has 5 aliphatic carbocycles. The Morgan fingerprint density at radius 3 is 2.24 bits per heavy atom. The maximum atomic E-state index is 14.5. The minimum atomic E-state index is -1.70. The second-order valence-corrected chi connectivity index (χ2v) is 17.7. The van der Waals surface area contributed by atoms with Gasteiger partial charge in [-0.15, -0.1) is 0 Å². The van der Waals surface area contributed by atoms with Crippen molar-refractivity contribution in [3.8, 4) is 0 Å². The highest BCUT2D eigenvalue weighted by Crippen LogP contribution is 2.76. The Hall–Kier alpha value is -1.11. The molecule has 8 unspecified atom stereocenters. The van der Waals surface area contributed by atoms with Gasteiger partial charge in [-0.25, -0.2) is 0 Å². The Balaban J connectivity index is 1.39. The molecule has 1 heterocycles. The largest absolute Gasteiger partial charge is 0.432 e. The van der Waals surface area contributed by atoms with Gasteiger partial charge in [0.1, 0.15) is 24.4 Å². The number of hydrogen-bond donors (Lipinski definition) is 7. The molecule has 0 radical (unpaired) electrons. The Morgan fingerprint density at radius 2 is 1.59 bits per heavy atom. The number of carbonyl (C=O) groups excluding carboxylic acids is 1. The first-order chi connectivity index (χ1) is 21.2. The van der Waals surface area contributed by atoms with Crippen LogP contribution in [0.15, 0.2) is 11.6 Å². The van der Waals surface area contributed by atoms with Gasteiger partial charge in [-0.2, -0.15) is 0 Å². The zero-order chi connectivity index (χ0) is 34.0. The molecule has 46 heavy (non-hydrogen) atoms. The van der Waals surface area contributed by atoms with Gasteiger partial charge in [-0.1, -0.05) is 53.2 Å². The average molecular weight is 651 g/mol. The predicted molar refractivity (Wildman–Crippen MR) is 168 cm³/mol. The highest BCUT2D eigenvalue weighted by Gasteiger charge is 2.72. The van der Waals surface area contributed by atoms with E-state index in [1.807, 2.05) is 13.8 Å². The van der Waals surface area contributed by atoms with E-state index in [4.69, 9.17) is 9.47 Å². The molecule has 5 fully saturated rings. The van der Waals surface area contributed by atoms with E-state index in [2.05, 4.69) is 40.7 Å². The van der Waals surface area contributed by atoms with E-state index in [-0.39, 0.29) is 34.0 Å². The fourth-order valence-electron chi connectivity index (χ4n) is 12.4. The van der Waals surface area contributed by atoms with Crippen molar-refractivity contribution in [3.63, 3.8) is 0 Å². The first-order valence-electron chi connectivity index (χ1n) is 17.5. The lowest BCUT2D eigenvalue weighted by Crippen LogP contribution is -2.69. The molecule has 0 spiro atoms. The van der Waals surface area contributed by atoms with Crippen molar-refractivity contribution in [1.29, 1.82) is 0 Å². The lowest BCUT2D eigenvalue weighted by atomic mass is 9.33. The molecule has 0 aromatic rings. The van der Waals surface area contributed by atoms with Crippen LogP contribution in [-0.2, 0) is 14.3 Å². The number of hydrogen-bond acceptors (Lipinski definition) is 10. The molecule has 6 aliphatic rings. The second kappa shape index (κ2) is 10.9. The molecule has 7 N–H and O–H groups in total. The molecule has 1 saturated heterocycles. The zero-order valence-corrected chi connectivity index (χ0v) is 28.6. The first-order valence-corrected chi connectivity index (χ1v) is 17.5. The SMILES string of the molecule is C[C@@H]1CC[C@]2(C(=O)OC3OC(CO)C(O)C(O)C3O)CC[C@]3(C)C(=CCC4[C@@]5(C)C[C@@H](O)[C@H](O)C(C)(C)C5CC[C@]43C)C2[C@]1(C)O. The molecule has 0 aromatic heterocycles. The maximum Gasteiger partial charge on any atom is 0.315 e. The fraction of sp³-hybridized carbons (Fsp3) is 0.917. The van der Waals surface area contributed by atoms with Crippen LogP contribution in [-0.4, -0.2) is 96.8 Å².